The zero-order valence-electron chi connectivity index (χ0n) is 19.9. The van der Waals surface area contributed by atoms with Crippen molar-refractivity contribution in [3.05, 3.63) is 95.6 Å². The minimum atomic E-state index is -1.07. The number of carboxylic acids is 1. The number of rotatable bonds is 9. The van der Waals surface area contributed by atoms with Gasteiger partial charge in [0.1, 0.15) is 6.04 Å². The van der Waals surface area contributed by atoms with E-state index in [4.69, 9.17) is 5.11 Å². The molecule has 4 N–H and O–H groups in total. The molecule has 0 unspecified atom stereocenters. The van der Waals surface area contributed by atoms with E-state index in [1.807, 2.05) is 54.6 Å². The van der Waals surface area contributed by atoms with E-state index in [1.54, 1.807) is 0 Å². The summed E-state index contributed by atoms with van der Waals surface area (Å²) in [5, 5.41) is 14.7. The summed E-state index contributed by atoms with van der Waals surface area (Å²) in [4.78, 5) is 38.1. The number of carbonyl (C=O) groups excluding carboxylic acids is 2. The van der Waals surface area contributed by atoms with Crippen LogP contribution >= 0.6 is 11.9 Å². The van der Waals surface area contributed by atoms with Crippen molar-refractivity contribution in [2.45, 2.75) is 43.7 Å². The molecule has 8 heteroatoms. The van der Waals surface area contributed by atoms with Crippen LogP contribution in [0.1, 0.15) is 47.1 Å². The normalized spacial score (nSPS) is 12.0. The summed E-state index contributed by atoms with van der Waals surface area (Å²) < 4.78 is 3.34. The fourth-order valence-electron chi connectivity index (χ4n) is 3.11. The molecular formula is C27H29N3O4S. The lowest BCUT2D eigenvalue weighted by atomic mass is 10.0. The van der Waals surface area contributed by atoms with Gasteiger partial charge >= 0.3 is 5.97 Å². The van der Waals surface area contributed by atoms with Crippen LogP contribution in [0.15, 0.2) is 83.8 Å². The zero-order valence-corrected chi connectivity index (χ0v) is 20.7. The van der Waals surface area contributed by atoms with Crippen LogP contribution in [0.5, 0.6) is 0 Å². The second-order valence-corrected chi connectivity index (χ2v) is 9.95. The van der Waals surface area contributed by atoms with Crippen LogP contribution < -0.4 is 15.4 Å². The minimum absolute atomic E-state index is 0.0334. The number of benzene rings is 3. The maximum Gasteiger partial charge on any atom is 0.335 e. The number of aromatic carboxylic acids is 1. The Kier molecular flexibility index (Phi) is 8.68. The van der Waals surface area contributed by atoms with E-state index < -0.39 is 17.9 Å². The Balaban J connectivity index is 1.71. The van der Waals surface area contributed by atoms with Gasteiger partial charge < -0.3 is 15.7 Å². The number of amides is 2. The quantitative estimate of drug-likeness (QED) is 0.322. The van der Waals surface area contributed by atoms with Crippen molar-refractivity contribution in [3.8, 4) is 0 Å². The van der Waals surface area contributed by atoms with E-state index >= 15 is 0 Å². The van der Waals surface area contributed by atoms with Crippen molar-refractivity contribution >= 4 is 35.4 Å². The van der Waals surface area contributed by atoms with Crippen LogP contribution in [0.2, 0.25) is 0 Å². The molecule has 0 aromatic heterocycles. The second kappa shape index (κ2) is 11.7. The molecule has 0 fully saturated rings. The van der Waals surface area contributed by atoms with Crippen molar-refractivity contribution < 1.29 is 19.5 Å². The molecule has 7 nitrogen and oxygen atoms in total. The van der Waals surface area contributed by atoms with Crippen LogP contribution in [-0.2, 0) is 11.2 Å². The molecule has 0 aliphatic heterocycles. The lowest BCUT2D eigenvalue weighted by Gasteiger charge is -2.20. The Morgan fingerprint density at radius 1 is 0.857 bits per heavy atom. The predicted octanol–water partition coefficient (Wildman–Crippen LogP) is 4.76. The smallest absolute Gasteiger partial charge is 0.335 e. The molecule has 3 aromatic rings. The van der Waals surface area contributed by atoms with Crippen LogP contribution in [-0.4, -0.2) is 34.5 Å². The van der Waals surface area contributed by atoms with E-state index in [0.717, 1.165) is 10.5 Å². The molecule has 3 aromatic carbocycles. The average molecular weight is 492 g/mol. The second-order valence-electron chi connectivity index (χ2n) is 9.07. The summed E-state index contributed by atoms with van der Waals surface area (Å²) in [5.41, 5.74) is 1.84. The van der Waals surface area contributed by atoms with Gasteiger partial charge in [0.05, 0.1) is 5.56 Å². The Morgan fingerprint density at radius 3 is 2.03 bits per heavy atom. The van der Waals surface area contributed by atoms with Gasteiger partial charge in [-0.25, -0.2) is 4.79 Å². The first-order valence-corrected chi connectivity index (χ1v) is 12.0. The van der Waals surface area contributed by atoms with E-state index in [1.165, 1.54) is 36.2 Å². The Hall–Kier alpha value is -3.62. The largest absolute Gasteiger partial charge is 0.478 e. The lowest BCUT2D eigenvalue weighted by Crippen LogP contribution is -2.45. The molecule has 35 heavy (non-hydrogen) atoms. The molecule has 182 valence electrons. The Labute approximate surface area is 209 Å². The number of carboxylic acid groups (broad SMARTS) is 1. The predicted molar refractivity (Wildman–Crippen MR) is 139 cm³/mol. The highest BCUT2D eigenvalue weighted by Crippen LogP contribution is 2.21. The SMILES string of the molecule is CC(C)(C)NSc1ccc(NC(=O)[C@H](Cc2ccccc2)NC(=O)c2ccc(C(=O)O)cc2)cc1. The molecule has 0 bridgehead atoms. The molecule has 3 rings (SSSR count). The van der Waals surface area contributed by atoms with Gasteiger partial charge in [-0.05, 0) is 86.8 Å². The fraction of sp³-hybridized carbons (Fsp3) is 0.222. The highest BCUT2D eigenvalue weighted by atomic mass is 32.2. The topological polar surface area (TPSA) is 108 Å². The summed E-state index contributed by atoms with van der Waals surface area (Å²) in [6, 6.07) is 21.6. The molecule has 1 atom stereocenters. The van der Waals surface area contributed by atoms with Gasteiger partial charge in [0, 0.05) is 28.1 Å². The summed E-state index contributed by atoms with van der Waals surface area (Å²) in [5.74, 6) is -1.88. The maximum absolute atomic E-state index is 13.1. The molecule has 2 amide bonds. The number of hydrogen-bond donors (Lipinski definition) is 4. The first-order valence-electron chi connectivity index (χ1n) is 11.1. The molecule has 0 saturated carbocycles. The van der Waals surface area contributed by atoms with Gasteiger partial charge in [-0.2, -0.15) is 0 Å². The van der Waals surface area contributed by atoms with Crippen LogP contribution in [0.25, 0.3) is 0 Å². The van der Waals surface area contributed by atoms with Gasteiger partial charge in [0.2, 0.25) is 5.91 Å². The van der Waals surface area contributed by atoms with Crippen LogP contribution in [0.3, 0.4) is 0 Å². The van der Waals surface area contributed by atoms with Crippen molar-refractivity contribution in [2.75, 3.05) is 5.32 Å². The van der Waals surface area contributed by atoms with Crippen molar-refractivity contribution in [1.82, 2.24) is 10.0 Å². The van der Waals surface area contributed by atoms with Crippen LogP contribution in [0, 0.1) is 0 Å². The third-order valence-electron chi connectivity index (χ3n) is 4.90. The molecule has 0 heterocycles. The van der Waals surface area contributed by atoms with Gasteiger partial charge in [0.15, 0.2) is 0 Å². The summed E-state index contributed by atoms with van der Waals surface area (Å²) in [6.07, 6.45) is 0.301. The first-order chi connectivity index (χ1) is 16.6. The summed E-state index contributed by atoms with van der Waals surface area (Å²) in [6.45, 7) is 6.24. The standard InChI is InChI=1S/C27H29N3O4S/c1-27(2,3)30-35-22-15-13-21(14-16-22)28-25(32)23(17-18-7-5-4-6-8-18)29-24(31)19-9-11-20(12-10-19)26(33)34/h4-16,23,30H,17H2,1-3H3,(H,28,32)(H,29,31)(H,33,34)/t23-/m0/s1. The third-order valence-corrected chi connectivity index (χ3v) is 6.12. The van der Waals surface area contributed by atoms with Crippen LogP contribution in [0.4, 0.5) is 5.69 Å². The Morgan fingerprint density at radius 2 is 1.46 bits per heavy atom. The molecule has 0 aliphatic carbocycles. The number of carbonyl (C=O) groups is 3. The van der Waals surface area contributed by atoms with Crippen molar-refractivity contribution in [1.29, 1.82) is 0 Å². The Bertz CT molecular complexity index is 1160. The molecule has 0 saturated heterocycles. The maximum atomic E-state index is 13.1. The molecule has 0 spiro atoms. The third kappa shape index (κ3) is 8.27. The monoisotopic (exact) mass is 491 g/mol. The van der Waals surface area contributed by atoms with Crippen molar-refractivity contribution in [2.24, 2.45) is 0 Å². The number of hydrogen-bond acceptors (Lipinski definition) is 5. The van der Waals surface area contributed by atoms with Gasteiger partial charge in [0.25, 0.3) is 5.91 Å². The highest BCUT2D eigenvalue weighted by molar-refractivity contribution is 7.97. The van der Waals surface area contributed by atoms with E-state index in [2.05, 4.69) is 36.1 Å². The molecule has 0 aliphatic rings. The summed E-state index contributed by atoms with van der Waals surface area (Å²) >= 11 is 1.52. The fourth-order valence-corrected chi connectivity index (χ4v) is 3.81. The summed E-state index contributed by atoms with van der Waals surface area (Å²) in [7, 11) is 0. The highest BCUT2D eigenvalue weighted by Gasteiger charge is 2.22. The van der Waals surface area contributed by atoms with E-state index in [0.29, 0.717) is 12.1 Å². The average Bonchev–Trinajstić information content (AvgIpc) is 2.83. The van der Waals surface area contributed by atoms with E-state index in [-0.39, 0.29) is 22.6 Å². The minimum Gasteiger partial charge on any atom is -0.478 e. The van der Waals surface area contributed by atoms with Gasteiger partial charge in [-0.15, -0.1) is 0 Å². The zero-order chi connectivity index (χ0) is 25.4. The number of nitrogens with one attached hydrogen (secondary N) is 3. The van der Waals surface area contributed by atoms with Crippen molar-refractivity contribution in [3.63, 3.8) is 0 Å². The van der Waals surface area contributed by atoms with E-state index in [9.17, 15) is 14.4 Å². The van der Waals surface area contributed by atoms with Gasteiger partial charge in [-0.3, -0.25) is 14.3 Å². The van der Waals surface area contributed by atoms with Gasteiger partial charge in [-0.1, -0.05) is 30.3 Å². The number of anilines is 1. The molecule has 0 radical (unpaired) electrons. The molecular weight excluding hydrogens is 462 g/mol. The first kappa shape index (κ1) is 26.0. The lowest BCUT2D eigenvalue weighted by molar-refractivity contribution is -0.118.